The van der Waals surface area contributed by atoms with Gasteiger partial charge in [0.1, 0.15) is 11.8 Å². The molecule has 1 aromatic rings. The number of nitrogens with one attached hydrogen (secondary N) is 2. The van der Waals surface area contributed by atoms with Crippen molar-refractivity contribution >= 4 is 17.9 Å². The molecule has 0 saturated carbocycles. The van der Waals surface area contributed by atoms with Gasteiger partial charge in [-0.25, -0.2) is 4.79 Å². The van der Waals surface area contributed by atoms with Crippen LogP contribution < -0.4 is 10.6 Å². The second kappa shape index (κ2) is 9.50. The van der Waals surface area contributed by atoms with Gasteiger partial charge in [0.05, 0.1) is 6.04 Å². The third-order valence-corrected chi connectivity index (χ3v) is 5.13. The van der Waals surface area contributed by atoms with Gasteiger partial charge in [-0.05, 0) is 45.2 Å². The molecule has 0 spiro atoms. The predicted octanol–water partition coefficient (Wildman–Crippen LogP) is 1.95. The first-order valence-electron chi connectivity index (χ1n) is 10.5. The highest BCUT2D eigenvalue weighted by Gasteiger charge is 2.40. The van der Waals surface area contributed by atoms with E-state index in [1.807, 2.05) is 39.0 Å². The summed E-state index contributed by atoms with van der Waals surface area (Å²) in [5, 5.41) is 15.8. The number of imide groups is 1. The van der Waals surface area contributed by atoms with Gasteiger partial charge in [-0.2, -0.15) is 0 Å². The van der Waals surface area contributed by atoms with Gasteiger partial charge in [-0.3, -0.25) is 19.8 Å². The molecule has 3 amide bonds. The molecule has 2 aliphatic heterocycles. The summed E-state index contributed by atoms with van der Waals surface area (Å²) < 4.78 is 5.19. The number of aliphatic hydroxyl groups excluding tert-OH is 1. The fourth-order valence-corrected chi connectivity index (χ4v) is 3.71. The molecular weight excluding hydrogens is 398 g/mol. The predicted molar refractivity (Wildman–Crippen MR) is 113 cm³/mol. The van der Waals surface area contributed by atoms with Crippen molar-refractivity contribution in [1.29, 1.82) is 0 Å². The van der Waals surface area contributed by atoms with Crippen LogP contribution in [0.1, 0.15) is 69.4 Å². The Kier molecular flexibility index (Phi) is 6.98. The van der Waals surface area contributed by atoms with Gasteiger partial charge in [-0.15, -0.1) is 0 Å². The summed E-state index contributed by atoms with van der Waals surface area (Å²) in [6, 6.07) is 5.03. The number of ether oxygens (including phenoxy) is 1. The molecule has 2 unspecified atom stereocenters. The SMILES string of the molecule is CC(C)(C)OC(=O)NCCCC#Cc1cccc2c1CN(C1CCC(=O)NC1=O)C2O. The Morgan fingerprint density at radius 2 is 2.13 bits per heavy atom. The van der Waals surface area contributed by atoms with Crippen LogP contribution in [0.3, 0.4) is 0 Å². The largest absolute Gasteiger partial charge is 0.444 e. The van der Waals surface area contributed by atoms with Crippen LogP contribution in [0.5, 0.6) is 0 Å². The number of rotatable bonds is 4. The number of alkyl carbamates (subject to hydrolysis) is 1. The van der Waals surface area contributed by atoms with Crippen molar-refractivity contribution in [3.63, 3.8) is 0 Å². The van der Waals surface area contributed by atoms with E-state index in [1.165, 1.54) is 0 Å². The van der Waals surface area contributed by atoms with Crippen molar-refractivity contribution < 1.29 is 24.2 Å². The Bertz CT molecular complexity index is 925. The first kappa shape index (κ1) is 22.8. The maximum atomic E-state index is 12.2. The number of piperidine rings is 1. The standard InChI is InChI=1S/C23H29N3O5/c1-23(2,3)31-22(30)24-13-6-4-5-8-15-9-7-10-16-17(15)14-26(21(16)29)18-11-12-19(27)25-20(18)28/h7,9-10,18,21,29H,4,6,11-14H2,1-3H3,(H,24,30)(H,25,27,28). The zero-order chi connectivity index (χ0) is 22.6. The molecule has 8 heteroatoms. The van der Waals surface area contributed by atoms with E-state index in [4.69, 9.17) is 4.74 Å². The van der Waals surface area contributed by atoms with E-state index in [0.29, 0.717) is 32.4 Å². The summed E-state index contributed by atoms with van der Waals surface area (Å²) in [6.07, 6.45) is 0.592. The lowest BCUT2D eigenvalue weighted by Crippen LogP contribution is -2.51. The molecule has 2 aliphatic rings. The minimum absolute atomic E-state index is 0.264. The summed E-state index contributed by atoms with van der Waals surface area (Å²) in [5.41, 5.74) is 1.93. The Labute approximate surface area is 182 Å². The molecule has 3 N–H and O–H groups in total. The van der Waals surface area contributed by atoms with E-state index < -0.39 is 24.0 Å². The summed E-state index contributed by atoms with van der Waals surface area (Å²) in [4.78, 5) is 37.0. The summed E-state index contributed by atoms with van der Waals surface area (Å²) in [6.45, 7) is 6.31. The van der Waals surface area contributed by atoms with Crippen molar-refractivity contribution in [2.45, 2.75) is 70.9 Å². The average molecular weight is 428 g/mol. The average Bonchev–Trinajstić information content (AvgIpc) is 3.00. The fourth-order valence-electron chi connectivity index (χ4n) is 3.71. The zero-order valence-corrected chi connectivity index (χ0v) is 18.2. The number of carbonyl (C=O) groups excluding carboxylic acids is 3. The number of fused-ring (bicyclic) bond motifs is 1. The van der Waals surface area contributed by atoms with Gasteiger partial charge in [0.25, 0.3) is 0 Å². The van der Waals surface area contributed by atoms with Crippen LogP contribution in [0.2, 0.25) is 0 Å². The number of nitrogens with zero attached hydrogens (tertiary/aromatic N) is 1. The topological polar surface area (TPSA) is 108 Å². The number of hydrogen-bond acceptors (Lipinski definition) is 6. The molecule has 166 valence electrons. The van der Waals surface area contributed by atoms with Crippen LogP contribution in [0.25, 0.3) is 0 Å². The molecule has 1 aromatic carbocycles. The van der Waals surface area contributed by atoms with Gasteiger partial charge in [0, 0.05) is 37.1 Å². The number of benzene rings is 1. The van der Waals surface area contributed by atoms with Gasteiger partial charge < -0.3 is 15.2 Å². The first-order chi connectivity index (χ1) is 14.7. The van der Waals surface area contributed by atoms with Crippen LogP contribution in [0.4, 0.5) is 4.79 Å². The quantitative estimate of drug-likeness (QED) is 0.385. The van der Waals surface area contributed by atoms with Gasteiger partial charge in [-0.1, -0.05) is 24.0 Å². The molecule has 0 aromatic heterocycles. The second-order valence-corrected chi connectivity index (χ2v) is 8.72. The Hall–Kier alpha value is -2.89. The lowest BCUT2D eigenvalue weighted by molar-refractivity contribution is -0.141. The Morgan fingerprint density at radius 1 is 1.35 bits per heavy atom. The van der Waals surface area contributed by atoms with E-state index in [1.54, 1.807) is 4.90 Å². The fraction of sp³-hybridized carbons (Fsp3) is 0.522. The Balaban J connectivity index is 1.57. The number of hydrogen-bond donors (Lipinski definition) is 3. The Morgan fingerprint density at radius 3 is 2.84 bits per heavy atom. The molecule has 2 atom stereocenters. The van der Waals surface area contributed by atoms with Gasteiger partial charge in [0.15, 0.2) is 0 Å². The first-order valence-corrected chi connectivity index (χ1v) is 10.5. The normalized spacial score (nSPS) is 21.0. The molecule has 1 fully saturated rings. The molecule has 3 rings (SSSR count). The maximum absolute atomic E-state index is 12.2. The van der Waals surface area contributed by atoms with E-state index in [-0.39, 0.29) is 18.2 Å². The number of aliphatic hydroxyl groups is 1. The highest BCUT2D eigenvalue weighted by atomic mass is 16.6. The highest BCUT2D eigenvalue weighted by Crippen LogP contribution is 2.36. The molecule has 0 aliphatic carbocycles. The van der Waals surface area contributed by atoms with Crippen molar-refractivity contribution in [3.05, 3.63) is 34.9 Å². The van der Waals surface area contributed by atoms with Crippen molar-refractivity contribution in [2.24, 2.45) is 0 Å². The zero-order valence-electron chi connectivity index (χ0n) is 18.2. The van der Waals surface area contributed by atoms with Crippen LogP contribution in [0.15, 0.2) is 18.2 Å². The number of amides is 3. The van der Waals surface area contributed by atoms with Crippen molar-refractivity contribution in [2.75, 3.05) is 6.54 Å². The second-order valence-electron chi connectivity index (χ2n) is 8.72. The van der Waals surface area contributed by atoms with E-state index in [2.05, 4.69) is 22.5 Å². The third-order valence-electron chi connectivity index (χ3n) is 5.13. The molecule has 2 heterocycles. The lowest BCUT2D eigenvalue weighted by atomic mass is 10.0. The monoisotopic (exact) mass is 427 g/mol. The summed E-state index contributed by atoms with van der Waals surface area (Å²) in [5.74, 6) is 5.61. The minimum Gasteiger partial charge on any atom is -0.444 e. The smallest absolute Gasteiger partial charge is 0.407 e. The van der Waals surface area contributed by atoms with Crippen LogP contribution >= 0.6 is 0 Å². The molecule has 8 nitrogen and oxygen atoms in total. The summed E-state index contributed by atoms with van der Waals surface area (Å²) >= 11 is 0. The molecule has 1 saturated heterocycles. The van der Waals surface area contributed by atoms with Crippen LogP contribution in [-0.4, -0.2) is 46.1 Å². The van der Waals surface area contributed by atoms with Crippen molar-refractivity contribution in [3.8, 4) is 11.8 Å². The number of unbranched alkanes of at least 4 members (excludes halogenated alkanes) is 1. The van der Waals surface area contributed by atoms with Gasteiger partial charge in [0.2, 0.25) is 11.8 Å². The van der Waals surface area contributed by atoms with Crippen LogP contribution in [0, 0.1) is 11.8 Å². The van der Waals surface area contributed by atoms with Gasteiger partial charge >= 0.3 is 6.09 Å². The van der Waals surface area contributed by atoms with E-state index in [0.717, 1.165) is 16.7 Å². The highest BCUT2D eigenvalue weighted by molar-refractivity contribution is 6.00. The van der Waals surface area contributed by atoms with Crippen LogP contribution in [-0.2, 0) is 20.9 Å². The van der Waals surface area contributed by atoms with Crippen molar-refractivity contribution in [1.82, 2.24) is 15.5 Å². The maximum Gasteiger partial charge on any atom is 0.407 e. The van der Waals surface area contributed by atoms with E-state index in [9.17, 15) is 19.5 Å². The minimum atomic E-state index is -0.904. The molecule has 31 heavy (non-hydrogen) atoms. The lowest BCUT2D eigenvalue weighted by Gasteiger charge is -2.31. The third kappa shape index (κ3) is 5.84. The molecular formula is C23H29N3O5. The summed E-state index contributed by atoms with van der Waals surface area (Å²) in [7, 11) is 0. The number of carbonyl (C=O) groups is 3. The molecule has 0 radical (unpaired) electrons. The molecule has 0 bridgehead atoms. The van der Waals surface area contributed by atoms with E-state index >= 15 is 0 Å².